The maximum Gasteiger partial charge on any atom is 0.150 e. The number of ether oxygens (including phenoxy) is 1. The molecular weight excluding hydrogens is 438 g/mol. The van der Waals surface area contributed by atoms with Crippen LogP contribution < -0.4 is 15.4 Å². The zero-order valence-electron chi connectivity index (χ0n) is 20.1. The number of benzene rings is 1. The number of rotatable bonds is 10. The van der Waals surface area contributed by atoms with Gasteiger partial charge in [-0.25, -0.2) is 15.0 Å². The van der Waals surface area contributed by atoms with Crippen molar-refractivity contribution in [3.63, 3.8) is 0 Å². The second kappa shape index (κ2) is 12.0. The summed E-state index contributed by atoms with van der Waals surface area (Å²) in [5, 5.41) is 6.78. The number of carbonyl (C=O) groups excluding carboxylic acids is 1. The molecule has 2 heterocycles. The van der Waals surface area contributed by atoms with E-state index >= 15 is 0 Å². The van der Waals surface area contributed by atoms with E-state index in [0.29, 0.717) is 36.1 Å². The van der Waals surface area contributed by atoms with Gasteiger partial charge in [-0.2, -0.15) is 0 Å². The molecule has 2 N–H and O–H groups in total. The summed E-state index contributed by atoms with van der Waals surface area (Å²) in [5.41, 5.74) is 3.25. The number of carbonyl (C=O) groups is 1. The van der Waals surface area contributed by atoms with E-state index in [0.717, 1.165) is 29.1 Å². The van der Waals surface area contributed by atoms with E-state index in [1.165, 1.54) is 38.3 Å². The number of terminal acetylenes is 1. The lowest BCUT2D eigenvalue weighted by Gasteiger charge is -2.23. The molecule has 4 rings (SSSR count). The van der Waals surface area contributed by atoms with Crippen molar-refractivity contribution in [2.75, 3.05) is 24.3 Å². The van der Waals surface area contributed by atoms with Crippen LogP contribution in [0.3, 0.4) is 0 Å². The van der Waals surface area contributed by atoms with E-state index in [-0.39, 0.29) is 5.78 Å². The Labute approximate surface area is 206 Å². The van der Waals surface area contributed by atoms with Gasteiger partial charge in [0.25, 0.3) is 0 Å². The third kappa shape index (κ3) is 7.03. The minimum atomic E-state index is 0.133. The van der Waals surface area contributed by atoms with Crippen LogP contribution >= 0.6 is 0 Å². The molecular formula is C28H31N5O2. The van der Waals surface area contributed by atoms with Gasteiger partial charge in [-0.3, -0.25) is 4.79 Å². The molecule has 180 valence electrons. The lowest BCUT2D eigenvalue weighted by Crippen LogP contribution is -2.18. The molecule has 7 nitrogen and oxygen atoms in total. The maximum atomic E-state index is 12.9. The lowest BCUT2D eigenvalue weighted by atomic mass is 9.89. The van der Waals surface area contributed by atoms with Crippen LogP contribution in [-0.2, 0) is 17.6 Å². The smallest absolute Gasteiger partial charge is 0.150 e. The van der Waals surface area contributed by atoms with E-state index in [9.17, 15) is 4.79 Å². The van der Waals surface area contributed by atoms with Crippen LogP contribution in [0.4, 0.5) is 17.3 Å². The monoisotopic (exact) mass is 469 g/mol. The van der Waals surface area contributed by atoms with Crippen LogP contribution in [-0.4, -0.2) is 34.4 Å². The van der Waals surface area contributed by atoms with Gasteiger partial charge >= 0.3 is 0 Å². The normalized spacial score (nSPS) is 13.6. The molecule has 0 radical (unpaired) electrons. The van der Waals surface area contributed by atoms with Gasteiger partial charge in [0.15, 0.2) is 0 Å². The second-order valence-electron chi connectivity index (χ2n) is 8.91. The summed E-state index contributed by atoms with van der Waals surface area (Å²) in [5.74, 6) is 5.21. The third-order valence-corrected chi connectivity index (χ3v) is 6.30. The number of aromatic nitrogens is 3. The fourth-order valence-electron chi connectivity index (χ4n) is 4.35. The summed E-state index contributed by atoms with van der Waals surface area (Å²) >= 11 is 0. The van der Waals surface area contributed by atoms with Crippen LogP contribution in [0.1, 0.15) is 48.9 Å². The molecule has 0 bridgehead atoms. The molecule has 1 aliphatic carbocycles. The van der Waals surface area contributed by atoms with Gasteiger partial charge in [-0.1, -0.05) is 31.4 Å². The van der Waals surface area contributed by atoms with Crippen LogP contribution in [0, 0.1) is 18.3 Å². The van der Waals surface area contributed by atoms with Gasteiger partial charge in [-0.05, 0) is 42.4 Å². The Morgan fingerprint density at radius 1 is 1.03 bits per heavy atom. The number of hydrogen-bond donors (Lipinski definition) is 2. The van der Waals surface area contributed by atoms with Crippen molar-refractivity contribution in [3.8, 4) is 18.1 Å². The molecule has 0 atom stereocenters. The molecule has 1 aliphatic rings. The van der Waals surface area contributed by atoms with Crippen LogP contribution in [0.25, 0.3) is 0 Å². The minimum absolute atomic E-state index is 0.133. The Morgan fingerprint density at radius 2 is 1.80 bits per heavy atom. The molecule has 3 aromatic rings. The predicted octanol–water partition coefficient (Wildman–Crippen LogP) is 4.95. The van der Waals surface area contributed by atoms with Crippen molar-refractivity contribution in [1.29, 1.82) is 0 Å². The molecule has 0 amide bonds. The van der Waals surface area contributed by atoms with Crippen molar-refractivity contribution in [2.45, 2.75) is 44.9 Å². The molecule has 0 aliphatic heterocycles. The quantitative estimate of drug-likeness (QED) is 0.406. The summed E-state index contributed by atoms with van der Waals surface area (Å²) in [4.78, 5) is 25.9. The number of methoxy groups -OCH3 is 1. The summed E-state index contributed by atoms with van der Waals surface area (Å²) in [7, 11) is 1.63. The van der Waals surface area contributed by atoms with Gasteiger partial charge < -0.3 is 15.4 Å². The van der Waals surface area contributed by atoms with Gasteiger partial charge in [-0.15, -0.1) is 6.42 Å². The molecule has 7 heteroatoms. The van der Waals surface area contributed by atoms with Gasteiger partial charge in [0.05, 0.1) is 19.5 Å². The molecule has 1 aromatic carbocycles. The first-order valence-electron chi connectivity index (χ1n) is 12.1. The first-order valence-corrected chi connectivity index (χ1v) is 12.1. The van der Waals surface area contributed by atoms with Gasteiger partial charge in [0.2, 0.25) is 0 Å². The number of pyridine rings is 1. The Balaban J connectivity index is 1.48. The summed E-state index contributed by atoms with van der Waals surface area (Å²) in [6.07, 6.45) is 17.3. The number of nitrogens with zero attached hydrogens (tertiary/aromatic N) is 3. The first kappa shape index (κ1) is 24.2. The fraction of sp³-hybridized carbons (Fsp3) is 0.357. The predicted molar refractivity (Wildman–Crippen MR) is 138 cm³/mol. The summed E-state index contributed by atoms with van der Waals surface area (Å²) in [6, 6.07) is 9.55. The van der Waals surface area contributed by atoms with Crippen molar-refractivity contribution >= 4 is 23.1 Å². The maximum absolute atomic E-state index is 12.9. The van der Waals surface area contributed by atoms with Gasteiger partial charge in [0.1, 0.15) is 28.9 Å². The number of Topliss-reactive ketones (excluding diaryl/α,β-unsaturated/α-hetero) is 1. The topological polar surface area (TPSA) is 89.0 Å². The Bertz CT molecular complexity index is 1160. The van der Waals surface area contributed by atoms with E-state index < -0.39 is 0 Å². The minimum Gasteiger partial charge on any atom is -0.497 e. The molecule has 0 spiro atoms. The summed E-state index contributed by atoms with van der Waals surface area (Å²) < 4.78 is 5.20. The van der Waals surface area contributed by atoms with E-state index in [1.807, 2.05) is 30.3 Å². The fourth-order valence-corrected chi connectivity index (χ4v) is 4.35. The first-order chi connectivity index (χ1) is 17.1. The van der Waals surface area contributed by atoms with Crippen LogP contribution in [0.5, 0.6) is 5.75 Å². The zero-order valence-corrected chi connectivity index (χ0v) is 20.1. The molecule has 1 saturated carbocycles. The zero-order chi connectivity index (χ0) is 24.5. The standard InChI is InChI=1S/C28H31N5O2/c1-3-23-18-32-28(19-29-23)33-27-15-26(30-16-21-7-5-4-6-8-21)22(17-31-27)14-24(34)13-20-9-11-25(35-2)12-10-20/h1,9-12,15,17-19,21H,4-8,13-14,16H2,2H3,(H2,30,31,32,33). The molecule has 0 unspecified atom stereocenters. The Hall–Kier alpha value is -3.92. The Morgan fingerprint density at radius 3 is 2.49 bits per heavy atom. The number of ketones is 1. The van der Waals surface area contributed by atoms with Crippen molar-refractivity contribution < 1.29 is 9.53 Å². The lowest BCUT2D eigenvalue weighted by molar-refractivity contribution is -0.117. The van der Waals surface area contributed by atoms with Crippen molar-refractivity contribution in [2.24, 2.45) is 5.92 Å². The van der Waals surface area contributed by atoms with Crippen LogP contribution in [0.15, 0.2) is 48.9 Å². The largest absolute Gasteiger partial charge is 0.497 e. The van der Waals surface area contributed by atoms with E-state index in [2.05, 4.69) is 31.5 Å². The van der Waals surface area contributed by atoms with Crippen molar-refractivity contribution in [1.82, 2.24) is 15.0 Å². The second-order valence-corrected chi connectivity index (χ2v) is 8.91. The molecule has 1 fully saturated rings. The molecule has 0 saturated heterocycles. The summed E-state index contributed by atoms with van der Waals surface area (Å²) in [6.45, 7) is 0.889. The van der Waals surface area contributed by atoms with Crippen LogP contribution in [0.2, 0.25) is 0 Å². The highest BCUT2D eigenvalue weighted by Gasteiger charge is 2.16. The SMILES string of the molecule is C#Cc1cnc(Nc2cc(NCC3CCCCC3)c(CC(=O)Cc3ccc(OC)cc3)cn2)cn1. The Kier molecular flexibility index (Phi) is 8.29. The molecule has 2 aromatic heterocycles. The highest BCUT2D eigenvalue weighted by molar-refractivity contribution is 5.84. The van der Waals surface area contributed by atoms with Crippen molar-refractivity contribution in [3.05, 3.63) is 65.7 Å². The number of anilines is 3. The van der Waals surface area contributed by atoms with Gasteiger partial charge in [0, 0.05) is 42.9 Å². The number of hydrogen-bond acceptors (Lipinski definition) is 7. The van der Waals surface area contributed by atoms with E-state index in [4.69, 9.17) is 11.2 Å². The highest BCUT2D eigenvalue weighted by atomic mass is 16.5. The van der Waals surface area contributed by atoms with E-state index in [1.54, 1.807) is 19.5 Å². The third-order valence-electron chi connectivity index (χ3n) is 6.30. The molecule has 35 heavy (non-hydrogen) atoms. The average Bonchev–Trinajstić information content (AvgIpc) is 2.90. The average molecular weight is 470 g/mol. The number of nitrogens with one attached hydrogen (secondary N) is 2. The highest BCUT2D eigenvalue weighted by Crippen LogP contribution is 2.26.